The molecule has 1 aliphatic rings. The van der Waals surface area contributed by atoms with Gasteiger partial charge in [-0.15, -0.1) is 0 Å². The number of sulfonamides is 1. The van der Waals surface area contributed by atoms with Crippen LogP contribution in [0.15, 0.2) is 59.1 Å². The predicted molar refractivity (Wildman–Crippen MR) is 86.4 cm³/mol. The quantitative estimate of drug-likeness (QED) is 0.645. The third kappa shape index (κ3) is 2.31. The van der Waals surface area contributed by atoms with Crippen LogP contribution in [0.5, 0.6) is 0 Å². The van der Waals surface area contributed by atoms with Gasteiger partial charge in [-0.1, -0.05) is 42.0 Å². The SMILES string of the molecule is Cc1ccc(/C(O)=C2\C(=O)c3ccccc3S(=O)(=O)N2C)cc1. The Morgan fingerprint density at radius 3 is 2.30 bits per heavy atom. The summed E-state index contributed by atoms with van der Waals surface area (Å²) in [7, 11) is -2.60. The molecule has 2 aromatic rings. The summed E-state index contributed by atoms with van der Waals surface area (Å²) in [6.45, 7) is 1.90. The van der Waals surface area contributed by atoms with E-state index in [2.05, 4.69) is 0 Å². The van der Waals surface area contributed by atoms with Gasteiger partial charge in [0, 0.05) is 18.2 Å². The Hall–Kier alpha value is -2.60. The van der Waals surface area contributed by atoms with Crippen molar-refractivity contribution in [3.63, 3.8) is 0 Å². The summed E-state index contributed by atoms with van der Waals surface area (Å²) in [4.78, 5) is 12.6. The molecule has 0 amide bonds. The molecule has 0 aliphatic carbocycles. The van der Waals surface area contributed by atoms with Crippen LogP contribution in [0.2, 0.25) is 0 Å². The average molecular weight is 329 g/mol. The minimum absolute atomic E-state index is 0.0482. The maximum absolute atomic E-state index is 12.7. The van der Waals surface area contributed by atoms with Crippen LogP contribution in [0.25, 0.3) is 5.76 Å². The average Bonchev–Trinajstić information content (AvgIpc) is 2.54. The van der Waals surface area contributed by atoms with Crippen molar-refractivity contribution in [3.8, 4) is 0 Å². The molecule has 0 unspecified atom stereocenters. The van der Waals surface area contributed by atoms with Gasteiger partial charge in [0.05, 0.1) is 4.90 Å². The Balaban J connectivity index is 2.27. The summed E-state index contributed by atoms with van der Waals surface area (Å²) in [6, 6.07) is 12.8. The van der Waals surface area contributed by atoms with Gasteiger partial charge in [0.2, 0.25) is 5.78 Å². The van der Waals surface area contributed by atoms with Crippen LogP contribution < -0.4 is 0 Å². The number of Topliss-reactive ketones (excluding diaryl/α,β-unsaturated/α-hetero) is 1. The standard InChI is InChI=1S/C17H15NO4S/c1-11-7-9-12(10-8-11)16(19)15-17(20)13-5-3-4-6-14(13)23(21,22)18(15)2/h3-10,19H,1-2H3/b16-15-. The van der Waals surface area contributed by atoms with E-state index in [4.69, 9.17) is 0 Å². The lowest BCUT2D eigenvalue weighted by molar-refractivity contribution is 0.100. The summed E-state index contributed by atoms with van der Waals surface area (Å²) in [5, 5.41) is 10.5. The van der Waals surface area contributed by atoms with Crippen molar-refractivity contribution in [2.45, 2.75) is 11.8 Å². The Bertz CT molecular complexity index is 927. The zero-order chi connectivity index (χ0) is 16.8. The first-order valence-corrected chi connectivity index (χ1v) is 8.41. The number of fused-ring (bicyclic) bond motifs is 1. The fourth-order valence-electron chi connectivity index (χ4n) is 2.52. The van der Waals surface area contributed by atoms with E-state index in [1.807, 2.05) is 6.92 Å². The van der Waals surface area contributed by atoms with Crippen molar-refractivity contribution in [1.82, 2.24) is 4.31 Å². The molecular weight excluding hydrogens is 314 g/mol. The van der Waals surface area contributed by atoms with E-state index in [1.54, 1.807) is 36.4 Å². The second kappa shape index (κ2) is 5.24. The number of ketones is 1. The lowest BCUT2D eigenvalue weighted by Crippen LogP contribution is -2.37. The molecule has 0 spiro atoms. The molecule has 1 aliphatic heterocycles. The molecule has 23 heavy (non-hydrogen) atoms. The normalized spacial score (nSPS) is 18.5. The van der Waals surface area contributed by atoms with Crippen LogP contribution >= 0.6 is 0 Å². The monoisotopic (exact) mass is 329 g/mol. The zero-order valence-electron chi connectivity index (χ0n) is 12.6. The topological polar surface area (TPSA) is 74.7 Å². The zero-order valence-corrected chi connectivity index (χ0v) is 13.5. The molecule has 6 heteroatoms. The van der Waals surface area contributed by atoms with E-state index in [0.717, 1.165) is 9.87 Å². The fraction of sp³-hybridized carbons (Fsp3) is 0.118. The molecule has 5 nitrogen and oxygen atoms in total. The summed E-state index contributed by atoms with van der Waals surface area (Å²) in [5.41, 5.74) is 1.21. The number of likely N-dealkylation sites (N-methyl/N-ethyl adjacent to an activating group) is 1. The lowest BCUT2D eigenvalue weighted by Gasteiger charge is -2.28. The summed E-state index contributed by atoms with van der Waals surface area (Å²) in [5.74, 6) is -0.869. The van der Waals surface area contributed by atoms with Crippen LogP contribution in [0.4, 0.5) is 0 Å². The van der Waals surface area contributed by atoms with E-state index < -0.39 is 15.8 Å². The van der Waals surface area contributed by atoms with Crippen molar-refractivity contribution in [3.05, 3.63) is 70.9 Å². The van der Waals surface area contributed by atoms with Crippen molar-refractivity contribution in [1.29, 1.82) is 0 Å². The number of carbonyl (C=O) groups excluding carboxylic acids is 1. The molecule has 0 radical (unpaired) electrons. The highest BCUT2D eigenvalue weighted by molar-refractivity contribution is 7.89. The highest BCUT2D eigenvalue weighted by atomic mass is 32.2. The summed E-state index contributed by atoms with van der Waals surface area (Å²) in [6.07, 6.45) is 0. The van der Waals surface area contributed by atoms with Crippen LogP contribution in [0, 0.1) is 6.92 Å². The third-order valence-corrected chi connectivity index (χ3v) is 5.66. The minimum atomic E-state index is -3.87. The predicted octanol–water partition coefficient (Wildman–Crippen LogP) is 2.74. The molecule has 0 fully saturated rings. The fourth-order valence-corrected chi connectivity index (χ4v) is 3.92. The molecule has 0 bridgehead atoms. The number of aliphatic hydroxyl groups excluding tert-OH is 1. The Labute approximate surface area is 134 Å². The van der Waals surface area contributed by atoms with Gasteiger partial charge < -0.3 is 5.11 Å². The number of hydrogen-bond donors (Lipinski definition) is 1. The molecule has 118 valence electrons. The third-order valence-electron chi connectivity index (χ3n) is 3.85. The number of benzene rings is 2. The Morgan fingerprint density at radius 1 is 1.04 bits per heavy atom. The first-order valence-electron chi connectivity index (χ1n) is 6.97. The minimum Gasteiger partial charge on any atom is -0.505 e. The van der Waals surface area contributed by atoms with Crippen LogP contribution in [0.1, 0.15) is 21.5 Å². The van der Waals surface area contributed by atoms with E-state index >= 15 is 0 Å². The summed E-state index contributed by atoms with van der Waals surface area (Å²) < 4.78 is 26.0. The molecular formula is C17H15NO4S. The number of hydrogen-bond acceptors (Lipinski definition) is 4. The maximum atomic E-state index is 12.7. The molecule has 1 heterocycles. The largest absolute Gasteiger partial charge is 0.505 e. The van der Waals surface area contributed by atoms with Gasteiger partial charge in [-0.05, 0) is 19.1 Å². The number of aliphatic hydroxyl groups is 1. The van der Waals surface area contributed by atoms with Gasteiger partial charge in [-0.25, -0.2) is 8.42 Å². The van der Waals surface area contributed by atoms with E-state index in [0.29, 0.717) is 5.56 Å². The maximum Gasteiger partial charge on any atom is 0.265 e. The van der Waals surface area contributed by atoms with Crippen molar-refractivity contribution < 1.29 is 18.3 Å². The van der Waals surface area contributed by atoms with Crippen molar-refractivity contribution in [2.24, 2.45) is 0 Å². The highest BCUT2D eigenvalue weighted by Crippen LogP contribution is 2.34. The van der Waals surface area contributed by atoms with Gasteiger partial charge in [0.15, 0.2) is 5.76 Å². The lowest BCUT2D eigenvalue weighted by atomic mass is 10.0. The Kier molecular flexibility index (Phi) is 3.49. The van der Waals surface area contributed by atoms with Gasteiger partial charge >= 0.3 is 0 Å². The molecule has 0 atom stereocenters. The number of carbonyl (C=O) groups is 1. The first kappa shape index (κ1) is 15.3. The number of allylic oxidation sites excluding steroid dienone is 1. The van der Waals surface area contributed by atoms with Gasteiger partial charge in [-0.2, -0.15) is 0 Å². The number of nitrogens with zero attached hydrogens (tertiary/aromatic N) is 1. The van der Waals surface area contributed by atoms with Crippen molar-refractivity contribution in [2.75, 3.05) is 7.05 Å². The van der Waals surface area contributed by atoms with E-state index in [9.17, 15) is 18.3 Å². The smallest absolute Gasteiger partial charge is 0.265 e. The van der Waals surface area contributed by atoms with E-state index in [-0.39, 0.29) is 21.9 Å². The summed E-state index contributed by atoms with van der Waals surface area (Å²) >= 11 is 0. The highest BCUT2D eigenvalue weighted by Gasteiger charge is 2.39. The molecule has 0 saturated heterocycles. The molecule has 3 rings (SSSR count). The second-order valence-corrected chi connectivity index (χ2v) is 7.30. The number of aryl methyl sites for hydroxylation is 1. The van der Waals surface area contributed by atoms with Gasteiger partial charge in [0.1, 0.15) is 5.70 Å². The van der Waals surface area contributed by atoms with Gasteiger partial charge in [-0.3, -0.25) is 9.10 Å². The molecule has 0 aromatic heterocycles. The molecule has 2 aromatic carbocycles. The van der Waals surface area contributed by atoms with Gasteiger partial charge in [0.25, 0.3) is 10.0 Å². The molecule has 1 N–H and O–H groups in total. The van der Waals surface area contributed by atoms with Crippen LogP contribution in [0.3, 0.4) is 0 Å². The number of rotatable bonds is 1. The van der Waals surface area contributed by atoms with Crippen molar-refractivity contribution >= 4 is 21.6 Å². The van der Waals surface area contributed by atoms with E-state index in [1.165, 1.54) is 19.2 Å². The van der Waals surface area contributed by atoms with Crippen LogP contribution in [-0.2, 0) is 10.0 Å². The molecule has 0 saturated carbocycles. The first-order chi connectivity index (χ1) is 10.8. The second-order valence-electron chi connectivity index (χ2n) is 5.36. The Morgan fingerprint density at radius 2 is 1.65 bits per heavy atom. The van der Waals surface area contributed by atoms with Crippen LogP contribution in [-0.4, -0.2) is 30.7 Å².